The average molecular weight is 287 g/mol. The minimum absolute atomic E-state index is 0.0762. The molecule has 0 aliphatic carbocycles. The monoisotopic (exact) mass is 287 g/mol. The lowest BCUT2D eigenvalue weighted by molar-refractivity contribution is -0.134. The summed E-state index contributed by atoms with van der Waals surface area (Å²) in [5.74, 6) is -0.264. The third-order valence-electron chi connectivity index (χ3n) is 3.43. The molecule has 0 saturated heterocycles. The van der Waals surface area contributed by atoms with Crippen molar-refractivity contribution in [1.29, 1.82) is 0 Å². The van der Waals surface area contributed by atoms with E-state index in [9.17, 15) is 9.59 Å². The Morgan fingerprint density at radius 3 is 2.71 bits per heavy atom. The fraction of sp³-hybridized carbons (Fsp3) is 0.412. The fourth-order valence-electron chi connectivity index (χ4n) is 2.25. The van der Waals surface area contributed by atoms with E-state index in [0.717, 1.165) is 30.2 Å². The smallest absolute Gasteiger partial charge is 0.311 e. The SMILES string of the molecule is CCCCCCCC(=O)Oc1cc2ccccc2[nH]c1=O. The molecule has 2 rings (SSSR count). The summed E-state index contributed by atoms with van der Waals surface area (Å²) in [7, 11) is 0. The van der Waals surface area contributed by atoms with E-state index in [0.29, 0.717) is 6.42 Å². The number of carbonyl (C=O) groups is 1. The molecule has 4 nitrogen and oxygen atoms in total. The van der Waals surface area contributed by atoms with Gasteiger partial charge in [-0.15, -0.1) is 0 Å². The number of para-hydroxylation sites is 1. The molecule has 1 N–H and O–H groups in total. The van der Waals surface area contributed by atoms with Crippen molar-refractivity contribution in [3.05, 3.63) is 40.7 Å². The van der Waals surface area contributed by atoms with Gasteiger partial charge in [0.25, 0.3) is 5.56 Å². The van der Waals surface area contributed by atoms with Crippen LogP contribution < -0.4 is 10.3 Å². The van der Waals surface area contributed by atoms with E-state index in [4.69, 9.17) is 4.74 Å². The zero-order valence-corrected chi connectivity index (χ0v) is 12.4. The van der Waals surface area contributed by atoms with Crippen LogP contribution >= 0.6 is 0 Å². The minimum Gasteiger partial charge on any atom is -0.421 e. The Morgan fingerprint density at radius 2 is 1.90 bits per heavy atom. The second-order valence-corrected chi connectivity index (χ2v) is 5.19. The van der Waals surface area contributed by atoms with Crippen LogP contribution in [0.15, 0.2) is 35.1 Å². The lowest BCUT2D eigenvalue weighted by atomic mass is 10.1. The fourth-order valence-corrected chi connectivity index (χ4v) is 2.25. The third-order valence-corrected chi connectivity index (χ3v) is 3.43. The number of hydrogen-bond donors (Lipinski definition) is 1. The average Bonchev–Trinajstić information content (AvgIpc) is 2.48. The van der Waals surface area contributed by atoms with Gasteiger partial charge in [-0.2, -0.15) is 0 Å². The van der Waals surface area contributed by atoms with Crippen LogP contribution in [0.4, 0.5) is 0 Å². The summed E-state index contributed by atoms with van der Waals surface area (Å²) in [4.78, 5) is 26.3. The van der Waals surface area contributed by atoms with Gasteiger partial charge in [-0.05, 0) is 18.6 Å². The van der Waals surface area contributed by atoms with Crippen LogP contribution in [-0.4, -0.2) is 11.0 Å². The summed E-state index contributed by atoms with van der Waals surface area (Å²) < 4.78 is 5.18. The molecule has 4 heteroatoms. The van der Waals surface area contributed by atoms with Gasteiger partial charge in [-0.25, -0.2) is 0 Å². The Morgan fingerprint density at radius 1 is 1.14 bits per heavy atom. The number of nitrogens with one attached hydrogen (secondary N) is 1. The molecule has 0 spiro atoms. The summed E-state index contributed by atoms with van der Waals surface area (Å²) in [6.45, 7) is 2.15. The number of carbonyl (C=O) groups excluding carboxylic acids is 1. The topological polar surface area (TPSA) is 59.2 Å². The predicted molar refractivity (Wildman–Crippen MR) is 83.6 cm³/mol. The number of benzene rings is 1. The molecule has 1 aromatic heterocycles. The van der Waals surface area contributed by atoms with Gasteiger partial charge in [-0.1, -0.05) is 50.8 Å². The summed E-state index contributed by atoms with van der Waals surface area (Å²) in [6.07, 6.45) is 5.70. The number of fused-ring (bicyclic) bond motifs is 1. The molecule has 1 aromatic carbocycles. The molecule has 0 aliphatic heterocycles. The molecule has 21 heavy (non-hydrogen) atoms. The predicted octanol–water partition coefficient (Wildman–Crippen LogP) is 3.79. The number of H-pyrrole nitrogens is 1. The van der Waals surface area contributed by atoms with E-state index in [-0.39, 0.29) is 17.3 Å². The number of aromatic nitrogens is 1. The number of pyridine rings is 1. The lowest BCUT2D eigenvalue weighted by Gasteiger charge is -2.05. The van der Waals surface area contributed by atoms with Crippen molar-refractivity contribution in [2.45, 2.75) is 45.4 Å². The zero-order valence-electron chi connectivity index (χ0n) is 12.4. The Hall–Kier alpha value is -2.10. The van der Waals surface area contributed by atoms with Crippen molar-refractivity contribution in [2.75, 3.05) is 0 Å². The second kappa shape index (κ2) is 7.62. The number of ether oxygens (including phenoxy) is 1. The van der Waals surface area contributed by atoms with E-state index in [1.807, 2.05) is 24.3 Å². The highest BCUT2D eigenvalue weighted by atomic mass is 16.5. The summed E-state index contributed by atoms with van der Waals surface area (Å²) >= 11 is 0. The molecule has 0 saturated carbocycles. The molecule has 0 radical (unpaired) electrons. The van der Waals surface area contributed by atoms with Gasteiger partial charge in [0.2, 0.25) is 0 Å². The molecular formula is C17H21NO3. The molecule has 112 valence electrons. The van der Waals surface area contributed by atoms with Crippen molar-refractivity contribution >= 4 is 16.9 Å². The maximum absolute atomic E-state index is 11.9. The third kappa shape index (κ3) is 4.45. The second-order valence-electron chi connectivity index (χ2n) is 5.19. The molecule has 0 aliphatic rings. The van der Waals surface area contributed by atoms with Crippen LogP contribution in [0.25, 0.3) is 10.9 Å². The Kier molecular flexibility index (Phi) is 5.55. The van der Waals surface area contributed by atoms with E-state index in [1.165, 1.54) is 12.8 Å². The van der Waals surface area contributed by atoms with Crippen LogP contribution in [0.1, 0.15) is 45.4 Å². The first kappa shape index (κ1) is 15.3. The number of rotatable bonds is 7. The Balaban J connectivity index is 1.94. The Labute approximate surface area is 124 Å². The van der Waals surface area contributed by atoms with Gasteiger partial charge in [-0.3, -0.25) is 9.59 Å². The maximum Gasteiger partial charge on any atom is 0.311 e. The van der Waals surface area contributed by atoms with Gasteiger partial charge in [0.15, 0.2) is 5.75 Å². The van der Waals surface area contributed by atoms with Gasteiger partial charge < -0.3 is 9.72 Å². The largest absolute Gasteiger partial charge is 0.421 e. The van der Waals surface area contributed by atoms with Crippen LogP contribution in [-0.2, 0) is 4.79 Å². The number of aromatic amines is 1. The van der Waals surface area contributed by atoms with Crippen molar-refractivity contribution < 1.29 is 9.53 Å². The van der Waals surface area contributed by atoms with E-state index < -0.39 is 0 Å². The minimum atomic E-state index is -0.368. The molecule has 0 unspecified atom stereocenters. The molecule has 0 amide bonds. The van der Waals surface area contributed by atoms with Crippen molar-refractivity contribution in [3.8, 4) is 5.75 Å². The number of esters is 1. The maximum atomic E-state index is 11.9. The van der Waals surface area contributed by atoms with Crippen LogP contribution in [0, 0.1) is 0 Å². The molecule has 0 fully saturated rings. The van der Waals surface area contributed by atoms with Crippen molar-refractivity contribution in [1.82, 2.24) is 4.98 Å². The standard InChI is InChI=1S/C17H21NO3/c1-2-3-4-5-6-11-16(19)21-15-12-13-9-7-8-10-14(13)18-17(15)20/h7-10,12H,2-6,11H2,1H3,(H,18,20). The summed E-state index contributed by atoms with van der Waals surface area (Å²) in [6, 6.07) is 9.02. The first-order valence-corrected chi connectivity index (χ1v) is 7.53. The lowest BCUT2D eigenvalue weighted by Crippen LogP contribution is -2.16. The van der Waals surface area contributed by atoms with E-state index in [1.54, 1.807) is 6.07 Å². The number of hydrogen-bond acceptors (Lipinski definition) is 3. The first-order chi connectivity index (χ1) is 10.2. The first-order valence-electron chi connectivity index (χ1n) is 7.53. The summed E-state index contributed by atoms with van der Waals surface area (Å²) in [5, 5.41) is 0.850. The molecule has 1 heterocycles. The molecular weight excluding hydrogens is 266 g/mol. The van der Waals surface area contributed by atoms with Crippen LogP contribution in [0.5, 0.6) is 5.75 Å². The van der Waals surface area contributed by atoms with E-state index in [2.05, 4.69) is 11.9 Å². The molecule has 2 aromatic rings. The highest BCUT2D eigenvalue weighted by Gasteiger charge is 2.09. The molecule has 0 bridgehead atoms. The zero-order chi connectivity index (χ0) is 15.1. The van der Waals surface area contributed by atoms with Crippen molar-refractivity contribution in [3.63, 3.8) is 0 Å². The van der Waals surface area contributed by atoms with Gasteiger partial charge in [0, 0.05) is 17.3 Å². The number of unbranched alkanes of at least 4 members (excludes halogenated alkanes) is 4. The highest BCUT2D eigenvalue weighted by Crippen LogP contribution is 2.15. The highest BCUT2D eigenvalue weighted by molar-refractivity contribution is 5.80. The Bertz CT molecular complexity index is 660. The summed E-state index contributed by atoms with van der Waals surface area (Å²) in [5.41, 5.74) is 0.370. The van der Waals surface area contributed by atoms with Crippen LogP contribution in [0.3, 0.4) is 0 Å². The van der Waals surface area contributed by atoms with Crippen LogP contribution in [0.2, 0.25) is 0 Å². The van der Waals surface area contributed by atoms with Gasteiger partial charge in [0.1, 0.15) is 0 Å². The van der Waals surface area contributed by atoms with Gasteiger partial charge >= 0.3 is 5.97 Å². The molecule has 0 atom stereocenters. The van der Waals surface area contributed by atoms with Gasteiger partial charge in [0.05, 0.1) is 0 Å². The quantitative estimate of drug-likeness (QED) is 0.622. The van der Waals surface area contributed by atoms with Crippen molar-refractivity contribution in [2.24, 2.45) is 0 Å². The normalized spacial score (nSPS) is 10.7. The van der Waals surface area contributed by atoms with E-state index >= 15 is 0 Å².